The molecule has 2 N–H and O–H groups in total. The number of anilines is 2. The van der Waals surface area contributed by atoms with E-state index in [-0.39, 0.29) is 18.0 Å². The molecule has 0 unspecified atom stereocenters. The number of rotatable bonds is 5. The van der Waals surface area contributed by atoms with E-state index in [1.165, 1.54) is 6.92 Å². The fourth-order valence-corrected chi connectivity index (χ4v) is 4.55. The van der Waals surface area contributed by atoms with Crippen LogP contribution in [-0.4, -0.2) is 25.6 Å². The SMILES string of the molecule is CC(=O)Nc1ccc(N2C(=S)N[C@H](c3ccccn3)[C@H]2c2cccn2-c2cccnc2)cc1. The Labute approximate surface area is 197 Å². The summed E-state index contributed by atoms with van der Waals surface area (Å²) in [5, 5.41) is 6.90. The maximum absolute atomic E-state index is 11.4. The van der Waals surface area contributed by atoms with Crippen LogP contribution in [0.3, 0.4) is 0 Å². The summed E-state index contributed by atoms with van der Waals surface area (Å²) in [6.45, 7) is 1.49. The average Bonchev–Trinajstić information content (AvgIpc) is 3.45. The largest absolute Gasteiger partial charge is 0.351 e. The number of carbonyl (C=O) groups excluding carboxylic acids is 1. The van der Waals surface area contributed by atoms with Crippen molar-refractivity contribution in [2.45, 2.75) is 19.0 Å². The van der Waals surface area contributed by atoms with Crippen molar-refractivity contribution >= 4 is 34.6 Å². The van der Waals surface area contributed by atoms with Gasteiger partial charge in [-0.2, -0.15) is 0 Å². The number of pyridine rings is 2. The molecule has 4 aromatic rings. The first-order valence-corrected chi connectivity index (χ1v) is 11.0. The highest BCUT2D eigenvalue weighted by Crippen LogP contribution is 2.42. The van der Waals surface area contributed by atoms with Gasteiger partial charge in [0.1, 0.15) is 6.04 Å². The zero-order chi connectivity index (χ0) is 22.8. The maximum atomic E-state index is 11.4. The highest BCUT2D eigenvalue weighted by atomic mass is 32.1. The summed E-state index contributed by atoms with van der Waals surface area (Å²) >= 11 is 5.81. The number of nitrogens with one attached hydrogen (secondary N) is 2. The number of nitrogens with zero attached hydrogens (tertiary/aromatic N) is 4. The van der Waals surface area contributed by atoms with Crippen LogP contribution in [0.1, 0.15) is 30.4 Å². The second kappa shape index (κ2) is 8.84. The third-order valence-corrected chi connectivity index (χ3v) is 5.89. The van der Waals surface area contributed by atoms with Crippen molar-refractivity contribution < 1.29 is 4.79 Å². The van der Waals surface area contributed by atoms with Crippen LogP contribution in [0.15, 0.2) is 91.5 Å². The third kappa shape index (κ3) is 4.08. The van der Waals surface area contributed by atoms with Gasteiger partial charge in [0.05, 0.1) is 23.6 Å². The second-order valence-corrected chi connectivity index (χ2v) is 8.13. The van der Waals surface area contributed by atoms with Crippen LogP contribution in [-0.2, 0) is 4.79 Å². The normalized spacial score (nSPS) is 17.6. The van der Waals surface area contributed by atoms with Crippen LogP contribution < -0.4 is 15.5 Å². The molecule has 8 heteroatoms. The van der Waals surface area contributed by atoms with E-state index in [0.717, 1.165) is 28.5 Å². The van der Waals surface area contributed by atoms with Crippen molar-refractivity contribution in [2.24, 2.45) is 0 Å². The highest BCUT2D eigenvalue weighted by Gasteiger charge is 2.42. The molecule has 3 aromatic heterocycles. The first-order chi connectivity index (χ1) is 16.1. The van der Waals surface area contributed by atoms with E-state index in [9.17, 15) is 4.79 Å². The fourth-order valence-electron chi connectivity index (χ4n) is 4.21. The van der Waals surface area contributed by atoms with E-state index >= 15 is 0 Å². The Bertz CT molecular complexity index is 1270. The molecule has 1 saturated heterocycles. The number of amides is 1. The van der Waals surface area contributed by atoms with E-state index < -0.39 is 0 Å². The summed E-state index contributed by atoms with van der Waals surface area (Å²) in [7, 11) is 0. The maximum Gasteiger partial charge on any atom is 0.221 e. The Morgan fingerprint density at radius 2 is 1.85 bits per heavy atom. The van der Waals surface area contributed by atoms with Gasteiger partial charge in [0.15, 0.2) is 5.11 Å². The number of hydrogen-bond donors (Lipinski definition) is 2. The number of thiocarbonyl (C=S) groups is 1. The van der Waals surface area contributed by atoms with Gasteiger partial charge in [0.25, 0.3) is 0 Å². The molecule has 1 aliphatic heterocycles. The Morgan fingerprint density at radius 1 is 1.00 bits per heavy atom. The van der Waals surface area contributed by atoms with Crippen molar-refractivity contribution in [2.75, 3.05) is 10.2 Å². The van der Waals surface area contributed by atoms with Crippen molar-refractivity contribution in [1.82, 2.24) is 19.9 Å². The zero-order valence-corrected chi connectivity index (χ0v) is 18.7. The smallest absolute Gasteiger partial charge is 0.221 e. The standard InChI is InChI=1S/C25H22N6OS/c1-17(32)28-18-9-11-19(12-10-18)31-24(23(29-25(31)33)21-7-2-3-14-27-21)22-8-5-15-30(22)20-6-4-13-26-16-20/h2-16,23-24H,1H3,(H,28,32)(H,29,33)/t23-,24-/m1/s1. The van der Waals surface area contributed by atoms with E-state index in [1.807, 2.05) is 73.1 Å². The summed E-state index contributed by atoms with van der Waals surface area (Å²) in [5.41, 5.74) is 4.58. The molecule has 0 saturated carbocycles. The van der Waals surface area contributed by atoms with Gasteiger partial charge in [-0.3, -0.25) is 14.8 Å². The molecule has 7 nitrogen and oxygen atoms in total. The van der Waals surface area contributed by atoms with Crippen molar-refractivity contribution in [3.8, 4) is 5.69 Å². The van der Waals surface area contributed by atoms with Crippen molar-refractivity contribution in [1.29, 1.82) is 0 Å². The number of hydrogen-bond acceptors (Lipinski definition) is 4. The molecule has 33 heavy (non-hydrogen) atoms. The van der Waals surface area contributed by atoms with Crippen LogP contribution in [0.2, 0.25) is 0 Å². The van der Waals surface area contributed by atoms with E-state index in [2.05, 4.69) is 36.1 Å². The van der Waals surface area contributed by atoms with Crippen LogP contribution in [0.25, 0.3) is 5.69 Å². The van der Waals surface area contributed by atoms with Gasteiger partial charge in [-0.25, -0.2) is 0 Å². The monoisotopic (exact) mass is 454 g/mol. The topological polar surface area (TPSA) is 75.1 Å². The zero-order valence-electron chi connectivity index (χ0n) is 17.9. The fraction of sp³-hybridized carbons (Fsp3) is 0.120. The highest BCUT2D eigenvalue weighted by molar-refractivity contribution is 7.80. The summed E-state index contributed by atoms with van der Waals surface area (Å²) in [6, 6.07) is 21.3. The Kier molecular flexibility index (Phi) is 5.58. The van der Waals surface area contributed by atoms with Crippen molar-refractivity contribution in [3.05, 3.63) is 103 Å². The lowest BCUT2D eigenvalue weighted by atomic mass is 10.0. The molecule has 0 spiro atoms. The lowest BCUT2D eigenvalue weighted by Crippen LogP contribution is -2.30. The molecule has 1 aromatic carbocycles. The minimum atomic E-state index is -0.158. The van der Waals surface area contributed by atoms with Crippen LogP contribution in [0, 0.1) is 0 Å². The number of benzene rings is 1. The second-order valence-electron chi connectivity index (χ2n) is 7.74. The molecule has 5 rings (SSSR count). The molecule has 2 atom stereocenters. The van der Waals surface area contributed by atoms with E-state index in [1.54, 1.807) is 12.4 Å². The quantitative estimate of drug-likeness (QED) is 0.436. The van der Waals surface area contributed by atoms with Gasteiger partial charge in [0, 0.05) is 42.6 Å². The molecular weight excluding hydrogens is 432 g/mol. The van der Waals surface area contributed by atoms with Gasteiger partial charge < -0.3 is 20.1 Å². The van der Waals surface area contributed by atoms with Gasteiger partial charge >= 0.3 is 0 Å². The Balaban J connectivity index is 1.61. The minimum absolute atomic E-state index is 0.108. The molecule has 1 fully saturated rings. The van der Waals surface area contributed by atoms with Crippen LogP contribution in [0.4, 0.5) is 11.4 Å². The number of aromatic nitrogens is 3. The van der Waals surface area contributed by atoms with Gasteiger partial charge in [-0.1, -0.05) is 6.07 Å². The van der Waals surface area contributed by atoms with Crippen LogP contribution in [0.5, 0.6) is 0 Å². The minimum Gasteiger partial charge on any atom is -0.351 e. The van der Waals surface area contributed by atoms with Gasteiger partial charge in [0.2, 0.25) is 5.91 Å². The molecule has 4 heterocycles. The molecular formula is C25H22N6OS. The molecule has 0 aliphatic carbocycles. The predicted octanol–water partition coefficient (Wildman–Crippen LogP) is 4.40. The van der Waals surface area contributed by atoms with Gasteiger partial charge in [-0.05, 0) is 72.9 Å². The third-order valence-electron chi connectivity index (χ3n) is 5.57. The molecule has 0 radical (unpaired) electrons. The molecule has 1 amide bonds. The van der Waals surface area contributed by atoms with Crippen LogP contribution >= 0.6 is 12.2 Å². The lowest BCUT2D eigenvalue weighted by Gasteiger charge is -2.29. The first kappa shape index (κ1) is 20.8. The summed E-state index contributed by atoms with van der Waals surface area (Å²) in [6.07, 6.45) is 7.43. The van der Waals surface area contributed by atoms with E-state index in [0.29, 0.717) is 5.11 Å². The Morgan fingerprint density at radius 3 is 2.55 bits per heavy atom. The summed E-state index contributed by atoms with van der Waals surface area (Å²) in [5.74, 6) is -0.108. The van der Waals surface area contributed by atoms with E-state index in [4.69, 9.17) is 12.2 Å². The average molecular weight is 455 g/mol. The Hall–Kier alpha value is -4.04. The van der Waals surface area contributed by atoms with Gasteiger partial charge in [-0.15, -0.1) is 0 Å². The first-order valence-electron chi connectivity index (χ1n) is 10.6. The summed E-state index contributed by atoms with van der Waals surface area (Å²) in [4.78, 5) is 22.4. The van der Waals surface area contributed by atoms with Crippen molar-refractivity contribution in [3.63, 3.8) is 0 Å². The molecule has 0 bridgehead atoms. The summed E-state index contributed by atoms with van der Waals surface area (Å²) < 4.78 is 2.13. The lowest BCUT2D eigenvalue weighted by molar-refractivity contribution is -0.114. The molecule has 1 aliphatic rings. The molecule has 164 valence electrons. The predicted molar refractivity (Wildman–Crippen MR) is 132 cm³/mol. The number of carbonyl (C=O) groups is 1.